The molecule has 0 radical (unpaired) electrons. The van der Waals surface area contributed by atoms with E-state index in [-0.39, 0.29) is 24.2 Å². The number of hydrogen-bond donors (Lipinski definition) is 0. The van der Waals surface area contributed by atoms with E-state index in [0.717, 1.165) is 61.6 Å². The first-order valence-electron chi connectivity index (χ1n) is 15.0. The molecular weight excluding hydrogens is 563 g/mol. The topological polar surface area (TPSA) is 106 Å². The van der Waals surface area contributed by atoms with Gasteiger partial charge in [0.15, 0.2) is 0 Å². The largest absolute Gasteiger partial charge is 0.473 e. The third-order valence-corrected chi connectivity index (χ3v) is 9.03. The van der Waals surface area contributed by atoms with Gasteiger partial charge in [-0.1, -0.05) is 12.1 Å². The number of esters is 1. The second kappa shape index (κ2) is 11.9. The Balaban J connectivity index is 1.06. The Bertz CT molecular complexity index is 1750. The Kier molecular flexibility index (Phi) is 7.62. The number of halogens is 1. The van der Waals surface area contributed by atoms with Gasteiger partial charge in [-0.3, -0.25) is 4.90 Å². The van der Waals surface area contributed by atoms with Crippen LogP contribution in [-0.2, 0) is 29.2 Å². The van der Waals surface area contributed by atoms with Crippen molar-refractivity contribution < 1.29 is 23.4 Å². The maximum absolute atomic E-state index is 14.3. The van der Waals surface area contributed by atoms with Crippen LogP contribution in [0.4, 0.5) is 10.2 Å². The predicted molar refractivity (Wildman–Crippen MR) is 160 cm³/mol. The van der Waals surface area contributed by atoms with Crippen molar-refractivity contribution in [1.82, 2.24) is 19.4 Å². The van der Waals surface area contributed by atoms with Crippen molar-refractivity contribution >= 4 is 22.8 Å². The molecule has 1 saturated carbocycles. The normalized spacial score (nSPS) is 21.2. The molecule has 2 saturated heterocycles. The molecular formula is C33H33FN6O4. The van der Waals surface area contributed by atoms with Gasteiger partial charge in [0.05, 0.1) is 54.5 Å². The summed E-state index contributed by atoms with van der Waals surface area (Å²) in [5.41, 5.74) is 2.94. The number of carbonyl (C=O) groups is 1. The lowest BCUT2D eigenvalue weighted by molar-refractivity contribution is -0.0594. The number of hydrogen-bond acceptors (Lipinski definition) is 9. The monoisotopic (exact) mass is 596 g/mol. The third-order valence-electron chi connectivity index (χ3n) is 9.03. The van der Waals surface area contributed by atoms with E-state index in [9.17, 15) is 9.18 Å². The van der Waals surface area contributed by atoms with Crippen LogP contribution in [0.15, 0.2) is 54.6 Å². The minimum Gasteiger partial charge on any atom is -0.473 e. The molecule has 10 nitrogen and oxygen atoms in total. The van der Waals surface area contributed by atoms with Gasteiger partial charge < -0.3 is 23.7 Å². The number of imidazole rings is 1. The highest BCUT2D eigenvalue weighted by atomic mass is 19.1. The van der Waals surface area contributed by atoms with Gasteiger partial charge in [0.1, 0.15) is 24.1 Å². The van der Waals surface area contributed by atoms with Crippen molar-refractivity contribution in [2.45, 2.75) is 57.1 Å². The molecule has 3 fully saturated rings. The van der Waals surface area contributed by atoms with Crippen molar-refractivity contribution in [3.05, 3.63) is 82.9 Å². The van der Waals surface area contributed by atoms with Crippen molar-refractivity contribution in [1.29, 1.82) is 5.26 Å². The van der Waals surface area contributed by atoms with Gasteiger partial charge in [-0.25, -0.2) is 14.2 Å². The third kappa shape index (κ3) is 5.36. The van der Waals surface area contributed by atoms with Crippen LogP contribution in [-0.4, -0.2) is 70.4 Å². The fourth-order valence-corrected chi connectivity index (χ4v) is 6.39. The predicted octanol–water partition coefficient (Wildman–Crippen LogP) is 4.45. The second-order valence-electron chi connectivity index (χ2n) is 11.5. The summed E-state index contributed by atoms with van der Waals surface area (Å²) >= 11 is 0. The molecule has 0 spiro atoms. The highest BCUT2D eigenvalue weighted by Crippen LogP contribution is 2.37. The van der Waals surface area contributed by atoms with E-state index in [0.29, 0.717) is 42.2 Å². The maximum Gasteiger partial charge on any atom is 0.337 e. The van der Waals surface area contributed by atoms with Crippen LogP contribution < -0.4 is 9.64 Å². The van der Waals surface area contributed by atoms with Gasteiger partial charge in [-0.05, 0) is 55.7 Å². The minimum atomic E-state index is -0.466. The number of fused-ring (bicyclic) bond motifs is 2. The SMILES string of the molecule is COC(=O)c1ccc2nc(CN3CCN(c4cccc(OCc5ccc(C#N)cc5F)n4)C4CCC43)n(C[C@@H]3CCO3)c2c1. The second-order valence-corrected chi connectivity index (χ2v) is 11.5. The number of aromatic nitrogens is 3. The highest BCUT2D eigenvalue weighted by molar-refractivity contribution is 5.93. The zero-order chi connectivity index (χ0) is 30.2. The average molecular weight is 597 g/mol. The molecule has 11 heteroatoms. The fraction of sp³-hybridized carbons (Fsp3) is 0.394. The molecule has 0 bridgehead atoms. The van der Waals surface area contributed by atoms with Crippen LogP contribution in [0.3, 0.4) is 0 Å². The first kappa shape index (κ1) is 28.3. The molecule has 3 atom stereocenters. The fourth-order valence-electron chi connectivity index (χ4n) is 6.39. The first-order valence-corrected chi connectivity index (χ1v) is 15.0. The molecule has 3 aliphatic rings. The average Bonchev–Trinajstić information content (AvgIpc) is 3.34. The maximum atomic E-state index is 14.3. The molecule has 2 aliphatic heterocycles. The zero-order valence-electron chi connectivity index (χ0n) is 24.5. The van der Waals surface area contributed by atoms with Crippen molar-refractivity contribution in [2.24, 2.45) is 0 Å². The number of ether oxygens (including phenoxy) is 3. The van der Waals surface area contributed by atoms with E-state index in [1.807, 2.05) is 30.3 Å². The summed E-state index contributed by atoms with van der Waals surface area (Å²) in [7, 11) is 1.39. The number of nitrogens with zero attached hydrogens (tertiary/aromatic N) is 6. The molecule has 1 aliphatic carbocycles. The Hall–Kier alpha value is -4.53. The lowest BCUT2D eigenvalue weighted by Gasteiger charge is -2.54. The van der Waals surface area contributed by atoms with E-state index in [1.54, 1.807) is 24.3 Å². The van der Waals surface area contributed by atoms with E-state index >= 15 is 0 Å². The number of piperazine rings is 1. The van der Waals surface area contributed by atoms with Gasteiger partial charge >= 0.3 is 5.97 Å². The Morgan fingerprint density at radius 3 is 2.68 bits per heavy atom. The molecule has 2 aromatic carbocycles. The van der Waals surface area contributed by atoms with E-state index < -0.39 is 5.82 Å². The number of nitriles is 1. The summed E-state index contributed by atoms with van der Waals surface area (Å²) in [6.07, 6.45) is 3.32. The molecule has 2 unspecified atom stereocenters. The summed E-state index contributed by atoms with van der Waals surface area (Å²) in [5, 5.41) is 8.98. The number of benzene rings is 2. The summed E-state index contributed by atoms with van der Waals surface area (Å²) < 4.78 is 33.1. The van der Waals surface area contributed by atoms with E-state index in [4.69, 9.17) is 29.4 Å². The molecule has 2 aromatic heterocycles. The number of carbonyl (C=O) groups excluding carboxylic acids is 1. The Morgan fingerprint density at radius 2 is 1.95 bits per heavy atom. The molecule has 0 N–H and O–H groups in total. The van der Waals surface area contributed by atoms with Crippen LogP contribution >= 0.6 is 0 Å². The Morgan fingerprint density at radius 1 is 1.09 bits per heavy atom. The summed E-state index contributed by atoms with van der Waals surface area (Å²) in [5.74, 6) is 1.43. The summed E-state index contributed by atoms with van der Waals surface area (Å²) in [6, 6.07) is 18.2. The minimum absolute atomic E-state index is 0.0296. The van der Waals surface area contributed by atoms with Crippen LogP contribution in [0.2, 0.25) is 0 Å². The van der Waals surface area contributed by atoms with E-state index in [1.165, 1.54) is 13.2 Å². The van der Waals surface area contributed by atoms with Crippen LogP contribution in [0.1, 0.15) is 46.6 Å². The zero-order valence-corrected chi connectivity index (χ0v) is 24.5. The number of pyridine rings is 1. The van der Waals surface area contributed by atoms with Gasteiger partial charge in [-0.2, -0.15) is 10.2 Å². The Labute approximate surface area is 254 Å². The van der Waals surface area contributed by atoms with Crippen LogP contribution in [0.25, 0.3) is 11.0 Å². The number of rotatable bonds is 9. The quantitative estimate of drug-likeness (QED) is 0.259. The van der Waals surface area contributed by atoms with Gasteiger partial charge in [0, 0.05) is 43.4 Å². The van der Waals surface area contributed by atoms with Gasteiger partial charge in [-0.15, -0.1) is 0 Å². The van der Waals surface area contributed by atoms with Gasteiger partial charge in [0.2, 0.25) is 5.88 Å². The molecule has 226 valence electrons. The van der Waals surface area contributed by atoms with Gasteiger partial charge in [0.25, 0.3) is 0 Å². The molecule has 7 rings (SSSR count). The van der Waals surface area contributed by atoms with Crippen molar-refractivity contribution in [3.63, 3.8) is 0 Å². The smallest absolute Gasteiger partial charge is 0.337 e. The molecule has 44 heavy (non-hydrogen) atoms. The summed E-state index contributed by atoms with van der Waals surface area (Å²) in [6.45, 7) is 3.87. The standard InChI is InChI=1S/C33H33FN6O4/c1-42-33(41)22-7-8-26-29(16-22)40(18-24-11-14-43-24)31(36-26)19-38-12-13-39(28-10-9-27(28)38)30-3-2-4-32(37-30)44-20-23-6-5-21(17-35)15-25(23)34/h2-8,15-16,24,27-28H,9-14,18-20H2,1H3/t24-,27?,28?/m0/s1. The van der Waals surface area contributed by atoms with Crippen molar-refractivity contribution in [2.75, 3.05) is 31.7 Å². The lowest BCUT2D eigenvalue weighted by atomic mass is 9.81. The summed E-state index contributed by atoms with van der Waals surface area (Å²) in [4.78, 5) is 26.9. The number of methoxy groups -OCH3 is 1. The highest BCUT2D eigenvalue weighted by Gasteiger charge is 2.43. The van der Waals surface area contributed by atoms with E-state index in [2.05, 4.69) is 14.4 Å². The van der Waals surface area contributed by atoms with Crippen LogP contribution in [0.5, 0.6) is 5.88 Å². The lowest BCUT2D eigenvalue weighted by Crippen LogP contribution is -2.64. The molecule has 0 amide bonds. The van der Waals surface area contributed by atoms with Crippen molar-refractivity contribution in [3.8, 4) is 11.9 Å². The molecule has 4 aromatic rings. The van der Waals surface area contributed by atoms with Crippen LogP contribution in [0, 0.1) is 17.1 Å². The molecule has 4 heterocycles. The number of anilines is 1. The first-order chi connectivity index (χ1) is 21.5.